The van der Waals surface area contributed by atoms with E-state index in [-0.39, 0.29) is 11.7 Å². The Morgan fingerprint density at radius 2 is 1.93 bits per heavy atom. The van der Waals surface area contributed by atoms with Gasteiger partial charge in [-0.05, 0) is 38.1 Å². The fraction of sp³-hybridized carbons (Fsp3) is 0.182. The topological polar surface area (TPSA) is 49.3 Å². The van der Waals surface area contributed by atoms with Crippen LogP contribution in [-0.2, 0) is 4.79 Å². The Labute approximate surface area is 83.1 Å². The van der Waals surface area contributed by atoms with E-state index in [1.54, 1.807) is 25.1 Å². The van der Waals surface area contributed by atoms with Gasteiger partial charge in [-0.1, -0.05) is 6.08 Å². The Morgan fingerprint density at radius 3 is 2.43 bits per heavy atom. The molecule has 0 heterocycles. The summed E-state index contributed by atoms with van der Waals surface area (Å²) in [7, 11) is 0. The molecule has 0 radical (unpaired) electrons. The number of phenolic OH excluding ortho intramolecular Hbond substituents is 1. The lowest BCUT2D eigenvalue weighted by Gasteiger charge is -2.04. The highest BCUT2D eigenvalue weighted by molar-refractivity contribution is 6.03. The van der Waals surface area contributed by atoms with Gasteiger partial charge >= 0.3 is 0 Å². The number of phenols is 1. The Hall–Kier alpha value is -1.77. The third-order valence-corrected chi connectivity index (χ3v) is 1.92. The molecule has 1 rings (SSSR count). The van der Waals surface area contributed by atoms with Gasteiger partial charge in [-0.2, -0.15) is 0 Å². The normalized spacial score (nSPS) is 11.1. The number of nitrogens with one attached hydrogen (secondary N) is 1. The van der Waals surface area contributed by atoms with Gasteiger partial charge < -0.3 is 10.4 Å². The summed E-state index contributed by atoms with van der Waals surface area (Å²) in [6.45, 7) is 3.56. The summed E-state index contributed by atoms with van der Waals surface area (Å²) in [5.74, 6) is 0.0592. The van der Waals surface area contributed by atoms with Crippen molar-refractivity contribution in [2.45, 2.75) is 13.8 Å². The molecule has 0 saturated heterocycles. The van der Waals surface area contributed by atoms with Gasteiger partial charge in [-0.25, -0.2) is 0 Å². The Kier molecular flexibility index (Phi) is 3.29. The molecule has 0 atom stereocenters. The monoisotopic (exact) mass is 191 g/mol. The molecule has 3 nitrogen and oxygen atoms in total. The first kappa shape index (κ1) is 10.3. The van der Waals surface area contributed by atoms with E-state index >= 15 is 0 Å². The number of anilines is 1. The average molecular weight is 191 g/mol. The number of hydrogen-bond acceptors (Lipinski definition) is 2. The molecular weight excluding hydrogens is 178 g/mol. The van der Waals surface area contributed by atoms with Gasteiger partial charge in [0.15, 0.2) is 0 Å². The molecule has 3 heteroatoms. The summed E-state index contributed by atoms with van der Waals surface area (Å²) in [4.78, 5) is 11.4. The molecule has 2 N–H and O–H groups in total. The van der Waals surface area contributed by atoms with E-state index in [0.29, 0.717) is 11.3 Å². The van der Waals surface area contributed by atoms with Gasteiger partial charge in [0.25, 0.3) is 5.91 Å². The highest BCUT2D eigenvalue weighted by Gasteiger charge is 2.02. The van der Waals surface area contributed by atoms with Crippen molar-refractivity contribution in [3.8, 4) is 5.75 Å². The summed E-state index contributed by atoms with van der Waals surface area (Å²) < 4.78 is 0. The quantitative estimate of drug-likeness (QED) is 0.556. The molecule has 0 unspecified atom stereocenters. The van der Waals surface area contributed by atoms with Gasteiger partial charge in [0.1, 0.15) is 5.75 Å². The van der Waals surface area contributed by atoms with Gasteiger partial charge in [-0.3, -0.25) is 4.79 Å². The van der Waals surface area contributed by atoms with Crippen LogP contribution in [0.2, 0.25) is 0 Å². The van der Waals surface area contributed by atoms with Crippen LogP contribution in [-0.4, -0.2) is 11.0 Å². The van der Waals surface area contributed by atoms with E-state index in [1.807, 2.05) is 6.92 Å². The molecule has 1 amide bonds. The van der Waals surface area contributed by atoms with Crippen molar-refractivity contribution in [2.24, 2.45) is 0 Å². The lowest BCUT2D eigenvalue weighted by molar-refractivity contribution is -0.112. The van der Waals surface area contributed by atoms with E-state index in [4.69, 9.17) is 5.11 Å². The Morgan fingerprint density at radius 1 is 1.36 bits per heavy atom. The van der Waals surface area contributed by atoms with Gasteiger partial charge in [0, 0.05) is 11.3 Å². The van der Waals surface area contributed by atoms with Crippen LogP contribution in [0.4, 0.5) is 5.69 Å². The van der Waals surface area contributed by atoms with Crippen LogP contribution in [0.1, 0.15) is 13.8 Å². The maximum atomic E-state index is 11.4. The molecule has 14 heavy (non-hydrogen) atoms. The first-order valence-electron chi connectivity index (χ1n) is 4.37. The molecule has 74 valence electrons. The van der Waals surface area contributed by atoms with Crippen LogP contribution in [0.25, 0.3) is 0 Å². The Bertz CT molecular complexity index is 352. The minimum Gasteiger partial charge on any atom is -0.508 e. The second-order valence-corrected chi connectivity index (χ2v) is 2.97. The third-order valence-electron chi connectivity index (χ3n) is 1.92. The fourth-order valence-electron chi connectivity index (χ4n) is 0.906. The third kappa shape index (κ3) is 2.62. The summed E-state index contributed by atoms with van der Waals surface area (Å²) in [6.07, 6.45) is 1.75. The summed E-state index contributed by atoms with van der Waals surface area (Å²) in [6, 6.07) is 6.35. The highest BCUT2D eigenvalue weighted by Crippen LogP contribution is 2.14. The number of amides is 1. The van der Waals surface area contributed by atoms with Gasteiger partial charge in [0.2, 0.25) is 0 Å². The zero-order valence-corrected chi connectivity index (χ0v) is 8.24. The minimum atomic E-state index is -0.127. The average Bonchev–Trinajstić information content (AvgIpc) is 2.20. The molecule has 0 saturated carbocycles. The number of allylic oxidation sites excluding steroid dienone is 1. The van der Waals surface area contributed by atoms with Crippen LogP contribution in [0, 0.1) is 0 Å². The van der Waals surface area contributed by atoms with Gasteiger partial charge in [0.05, 0.1) is 0 Å². The summed E-state index contributed by atoms with van der Waals surface area (Å²) in [5, 5.41) is 11.7. The van der Waals surface area contributed by atoms with Gasteiger partial charge in [-0.15, -0.1) is 0 Å². The van der Waals surface area contributed by atoms with Crippen molar-refractivity contribution in [3.63, 3.8) is 0 Å². The van der Waals surface area contributed by atoms with E-state index in [9.17, 15) is 4.79 Å². The fourth-order valence-corrected chi connectivity index (χ4v) is 0.906. The molecule has 0 aliphatic heterocycles. The molecule has 0 bridgehead atoms. The standard InChI is InChI=1S/C11H13NO2/c1-3-8(2)11(14)12-9-4-6-10(13)7-5-9/h3-7,13H,1-2H3,(H,12,14). The second kappa shape index (κ2) is 4.46. The molecule has 0 aromatic heterocycles. The highest BCUT2D eigenvalue weighted by atomic mass is 16.3. The first-order chi connectivity index (χ1) is 6.63. The van der Waals surface area contributed by atoms with Crippen LogP contribution in [0.5, 0.6) is 5.75 Å². The van der Waals surface area contributed by atoms with Crippen molar-refractivity contribution in [1.82, 2.24) is 0 Å². The largest absolute Gasteiger partial charge is 0.508 e. The van der Waals surface area contributed by atoms with E-state index < -0.39 is 0 Å². The predicted molar refractivity (Wildman–Crippen MR) is 56.2 cm³/mol. The number of aromatic hydroxyl groups is 1. The number of carbonyl (C=O) groups is 1. The number of carbonyl (C=O) groups excluding carboxylic acids is 1. The molecule has 0 fully saturated rings. The maximum absolute atomic E-state index is 11.4. The predicted octanol–water partition coefficient (Wildman–Crippen LogP) is 2.30. The molecule has 0 spiro atoms. The van der Waals surface area contributed by atoms with Crippen molar-refractivity contribution in [2.75, 3.05) is 5.32 Å². The van der Waals surface area contributed by atoms with Crippen LogP contribution in [0.15, 0.2) is 35.9 Å². The first-order valence-corrected chi connectivity index (χ1v) is 4.37. The van der Waals surface area contributed by atoms with Crippen molar-refractivity contribution in [1.29, 1.82) is 0 Å². The van der Waals surface area contributed by atoms with Crippen molar-refractivity contribution < 1.29 is 9.90 Å². The van der Waals surface area contributed by atoms with E-state index in [2.05, 4.69) is 5.32 Å². The molecule has 1 aromatic rings. The van der Waals surface area contributed by atoms with Crippen molar-refractivity contribution in [3.05, 3.63) is 35.9 Å². The smallest absolute Gasteiger partial charge is 0.250 e. The zero-order chi connectivity index (χ0) is 10.6. The van der Waals surface area contributed by atoms with Crippen molar-refractivity contribution >= 4 is 11.6 Å². The second-order valence-electron chi connectivity index (χ2n) is 2.97. The minimum absolute atomic E-state index is 0.127. The molecular formula is C11H13NO2. The Balaban J connectivity index is 2.70. The SMILES string of the molecule is CC=C(C)C(=O)Nc1ccc(O)cc1. The summed E-state index contributed by atoms with van der Waals surface area (Å²) >= 11 is 0. The lowest BCUT2D eigenvalue weighted by Crippen LogP contribution is -2.12. The number of benzene rings is 1. The van der Waals surface area contributed by atoms with Crippen LogP contribution < -0.4 is 5.32 Å². The molecule has 0 aliphatic rings. The molecule has 0 aliphatic carbocycles. The number of hydrogen-bond donors (Lipinski definition) is 2. The lowest BCUT2D eigenvalue weighted by atomic mass is 10.2. The van der Waals surface area contributed by atoms with E-state index in [0.717, 1.165) is 0 Å². The maximum Gasteiger partial charge on any atom is 0.250 e. The van der Waals surface area contributed by atoms with Crippen LogP contribution in [0.3, 0.4) is 0 Å². The summed E-state index contributed by atoms with van der Waals surface area (Å²) in [5.41, 5.74) is 1.34. The molecule has 1 aromatic carbocycles. The van der Waals surface area contributed by atoms with E-state index in [1.165, 1.54) is 12.1 Å². The van der Waals surface area contributed by atoms with Crippen LogP contribution >= 0.6 is 0 Å². The number of rotatable bonds is 2. The zero-order valence-electron chi connectivity index (χ0n) is 8.24.